The summed E-state index contributed by atoms with van der Waals surface area (Å²) < 4.78 is 28.1. The molecule has 3 rings (SSSR count). The molecule has 0 spiro atoms. The number of carbonyl (C=O) groups excluding carboxylic acids is 2. The molecule has 0 saturated heterocycles. The van der Waals surface area contributed by atoms with E-state index in [1.165, 1.54) is 37.8 Å². The molecule has 1 aromatic heterocycles. The molecule has 0 saturated carbocycles. The van der Waals surface area contributed by atoms with Crippen LogP contribution in [-0.2, 0) is 4.74 Å². The van der Waals surface area contributed by atoms with Crippen molar-refractivity contribution in [1.82, 2.24) is 15.8 Å². The molecule has 0 atom stereocenters. The zero-order chi connectivity index (χ0) is 36.1. The predicted molar refractivity (Wildman–Crippen MR) is 195 cm³/mol. The molecule has 0 aliphatic carbocycles. The van der Waals surface area contributed by atoms with E-state index in [0.29, 0.717) is 71.9 Å². The maximum absolute atomic E-state index is 13.0. The number of nitrogens with zero attached hydrogens (tertiary/aromatic N) is 3. The number of amides is 2. The molecule has 0 radical (unpaired) electrons. The third-order valence-electron chi connectivity index (χ3n) is 7.68. The van der Waals surface area contributed by atoms with Gasteiger partial charge in [0.05, 0.1) is 62.4 Å². The van der Waals surface area contributed by atoms with Crippen molar-refractivity contribution in [2.24, 2.45) is 10.2 Å². The maximum Gasteiger partial charge on any atom is 0.273 e. The van der Waals surface area contributed by atoms with Gasteiger partial charge in [-0.05, 0) is 93.6 Å². The highest BCUT2D eigenvalue weighted by molar-refractivity contribution is 6.01. The second-order valence-electron chi connectivity index (χ2n) is 11.5. The molecule has 0 unspecified atom stereocenters. The highest BCUT2D eigenvalue weighted by Gasteiger charge is 2.17. The van der Waals surface area contributed by atoms with Crippen LogP contribution >= 0.6 is 0 Å². The molecule has 2 aromatic carbocycles. The summed E-state index contributed by atoms with van der Waals surface area (Å²) in [6.07, 6.45) is 10.5. The standard InChI is InChI=1S/C38H51N5O7/c1-7-9-10-11-12-20-49-33-17-15-29(22-35(33)46-5)25-39-42-37(44)31-24-32(28(4)41-27(31)3)38(45)43-40-26-30-16-18-34(36(23-30)47-6)50-21-14-13-19-48-8-2/h15-18,22-26H,7-14,19-21H2,1-6H3,(H,42,44)(H,43,45)/b39-25+,40-26+. The maximum atomic E-state index is 13.0. The number of rotatable bonds is 22. The van der Waals surface area contributed by atoms with Crippen LogP contribution in [0.2, 0.25) is 0 Å². The van der Waals surface area contributed by atoms with E-state index in [2.05, 4.69) is 33.0 Å². The number of benzene rings is 2. The van der Waals surface area contributed by atoms with Gasteiger partial charge in [-0.2, -0.15) is 10.2 Å². The Morgan fingerprint density at radius 2 is 1.14 bits per heavy atom. The topological polar surface area (TPSA) is 142 Å². The predicted octanol–water partition coefficient (Wildman–Crippen LogP) is 6.79. The second kappa shape index (κ2) is 21.9. The molecule has 270 valence electrons. The highest BCUT2D eigenvalue weighted by atomic mass is 16.5. The summed E-state index contributed by atoms with van der Waals surface area (Å²) in [5, 5.41) is 8.20. The minimum Gasteiger partial charge on any atom is -0.493 e. The summed E-state index contributed by atoms with van der Waals surface area (Å²) in [5.74, 6) is 1.38. The molecule has 2 amide bonds. The van der Waals surface area contributed by atoms with Gasteiger partial charge in [-0.1, -0.05) is 32.6 Å². The van der Waals surface area contributed by atoms with Crippen molar-refractivity contribution < 1.29 is 33.3 Å². The van der Waals surface area contributed by atoms with Crippen molar-refractivity contribution in [3.8, 4) is 23.0 Å². The summed E-state index contributed by atoms with van der Waals surface area (Å²) >= 11 is 0. The van der Waals surface area contributed by atoms with Crippen molar-refractivity contribution in [3.63, 3.8) is 0 Å². The Labute approximate surface area is 295 Å². The first kappa shape index (κ1) is 39.5. The van der Waals surface area contributed by atoms with Crippen LogP contribution in [0, 0.1) is 13.8 Å². The van der Waals surface area contributed by atoms with Gasteiger partial charge < -0.3 is 23.7 Å². The van der Waals surface area contributed by atoms with Gasteiger partial charge >= 0.3 is 0 Å². The van der Waals surface area contributed by atoms with E-state index in [9.17, 15) is 9.59 Å². The van der Waals surface area contributed by atoms with Crippen LogP contribution in [0.3, 0.4) is 0 Å². The van der Waals surface area contributed by atoms with E-state index >= 15 is 0 Å². The van der Waals surface area contributed by atoms with Gasteiger partial charge in [0.2, 0.25) is 0 Å². The van der Waals surface area contributed by atoms with Crippen LogP contribution < -0.4 is 29.8 Å². The number of aryl methyl sites for hydroxylation is 2. The average molecular weight is 690 g/mol. The van der Waals surface area contributed by atoms with E-state index in [-0.39, 0.29) is 11.1 Å². The van der Waals surface area contributed by atoms with Gasteiger partial charge in [-0.3, -0.25) is 14.6 Å². The second-order valence-corrected chi connectivity index (χ2v) is 11.5. The largest absolute Gasteiger partial charge is 0.493 e. The fraction of sp³-hybridized carbons (Fsp3) is 0.447. The monoisotopic (exact) mass is 689 g/mol. The lowest BCUT2D eigenvalue weighted by Gasteiger charge is -2.11. The molecular weight excluding hydrogens is 638 g/mol. The molecule has 1 heterocycles. The van der Waals surface area contributed by atoms with Crippen molar-refractivity contribution in [3.05, 3.63) is 76.1 Å². The van der Waals surface area contributed by atoms with Gasteiger partial charge in [0, 0.05) is 13.2 Å². The lowest BCUT2D eigenvalue weighted by molar-refractivity contribution is 0.0954. The molecule has 0 fully saturated rings. The van der Waals surface area contributed by atoms with Gasteiger partial charge in [0.25, 0.3) is 11.8 Å². The number of aromatic nitrogens is 1. The fourth-order valence-corrected chi connectivity index (χ4v) is 4.92. The Hall–Kier alpha value is -4.97. The molecular formula is C38H51N5O7. The Balaban J connectivity index is 1.57. The first-order chi connectivity index (χ1) is 24.3. The lowest BCUT2D eigenvalue weighted by Crippen LogP contribution is -2.23. The van der Waals surface area contributed by atoms with Crippen LogP contribution in [0.1, 0.15) is 102 Å². The molecule has 0 aliphatic heterocycles. The normalized spacial score (nSPS) is 11.2. The van der Waals surface area contributed by atoms with Crippen LogP contribution in [0.5, 0.6) is 23.0 Å². The Kier molecular flexibility index (Phi) is 17.3. The number of methoxy groups -OCH3 is 2. The summed E-state index contributed by atoms with van der Waals surface area (Å²) in [6, 6.07) is 12.3. The quantitative estimate of drug-likeness (QED) is 0.0668. The van der Waals surface area contributed by atoms with Gasteiger partial charge in [-0.15, -0.1) is 0 Å². The lowest BCUT2D eigenvalue weighted by atomic mass is 10.1. The summed E-state index contributed by atoms with van der Waals surface area (Å²) in [5.41, 5.74) is 7.76. The summed E-state index contributed by atoms with van der Waals surface area (Å²) in [7, 11) is 3.14. The van der Waals surface area contributed by atoms with Gasteiger partial charge in [-0.25, -0.2) is 10.9 Å². The van der Waals surface area contributed by atoms with Crippen LogP contribution in [0.25, 0.3) is 0 Å². The minimum absolute atomic E-state index is 0.207. The summed E-state index contributed by atoms with van der Waals surface area (Å²) in [4.78, 5) is 30.5. The molecule has 2 N–H and O–H groups in total. The van der Waals surface area contributed by atoms with Crippen LogP contribution in [-0.4, -0.2) is 69.9 Å². The number of carbonyl (C=O) groups is 2. The smallest absolute Gasteiger partial charge is 0.273 e. The fourth-order valence-electron chi connectivity index (χ4n) is 4.92. The first-order valence-corrected chi connectivity index (χ1v) is 17.2. The number of nitrogens with one attached hydrogen (secondary N) is 2. The van der Waals surface area contributed by atoms with E-state index < -0.39 is 11.8 Å². The van der Waals surface area contributed by atoms with E-state index in [1.54, 1.807) is 46.3 Å². The molecule has 0 bridgehead atoms. The van der Waals surface area contributed by atoms with Gasteiger partial charge in [0.15, 0.2) is 23.0 Å². The summed E-state index contributed by atoms with van der Waals surface area (Å²) in [6.45, 7) is 10.1. The number of unbranched alkanes of at least 4 members (excludes halogenated alkanes) is 5. The van der Waals surface area contributed by atoms with E-state index in [4.69, 9.17) is 23.7 Å². The zero-order valence-electron chi connectivity index (χ0n) is 30.2. The third kappa shape index (κ3) is 12.8. The Morgan fingerprint density at radius 3 is 1.62 bits per heavy atom. The van der Waals surface area contributed by atoms with Crippen molar-refractivity contribution in [2.45, 2.75) is 72.6 Å². The Morgan fingerprint density at radius 1 is 0.660 bits per heavy atom. The van der Waals surface area contributed by atoms with Crippen molar-refractivity contribution in [1.29, 1.82) is 0 Å². The number of hydrazone groups is 2. The van der Waals surface area contributed by atoms with Crippen molar-refractivity contribution in [2.75, 3.05) is 40.6 Å². The van der Waals surface area contributed by atoms with Gasteiger partial charge in [0.1, 0.15) is 0 Å². The number of ether oxygens (including phenoxy) is 5. The number of hydrogen-bond acceptors (Lipinski definition) is 10. The third-order valence-corrected chi connectivity index (χ3v) is 7.68. The van der Waals surface area contributed by atoms with Crippen LogP contribution in [0.15, 0.2) is 52.7 Å². The first-order valence-electron chi connectivity index (χ1n) is 17.2. The minimum atomic E-state index is -0.516. The molecule has 12 heteroatoms. The molecule has 3 aromatic rings. The molecule has 50 heavy (non-hydrogen) atoms. The van der Waals surface area contributed by atoms with Crippen LogP contribution in [0.4, 0.5) is 0 Å². The molecule has 12 nitrogen and oxygen atoms in total. The average Bonchev–Trinajstić information content (AvgIpc) is 3.11. The SMILES string of the molecule is CCCCCCCOc1ccc(/C=N/NC(=O)c2cc(C(=O)N/N=C/c3ccc(OCCCCOCC)c(OC)c3)c(C)nc2C)cc1OC. The number of pyridine rings is 1. The van der Waals surface area contributed by atoms with E-state index in [1.807, 2.05) is 25.1 Å². The Bertz CT molecular complexity index is 1480. The van der Waals surface area contributed by atoms with Crippen molar-refractivity contribution >= 4 is 24.2 Å². The van der Waals surface area contributed by atoms with E-state index in [0.717, 1.165) is 25.7 Å². The highest BCUT2D eigenvalue weighted by Crippen LogP contribution is 2.29. The number of hydrogen-bond donors (Lipinski definition) is 2. The zero-order valence-corrected chi connectivity index (χ0v) is 30.2. The molecule has 0 aliphatic rings.